The fourth-order valence-electron chi connectivity index (χ4n) is 3.11. The number of nitro benzene ring substituents is 1. The number of methoxy groups -OCH3 is 1. The minimum atomic E-state index is -0.397. The van der Waals surface area contributed by atoms with Crippen LogP contribution in [0.4, 0.5) is 11.5 Å². The van der Waals surface area contributed by atoms with Crippen LogP contribution in [0.2, 0.25) is 0 Å². The average Bonchev–Trinajstić information content (AvgIpc) is 2.77. The summed E-state index contributed by atoms with van der Waals surface area (Å²) >= 11 is 0. The Bertz CT molecular complexity index is 805. The highest BCUT2D eigenvalue weighted by Gasteiger charge is 2.20. The number of non-ortho nitro benzene ring substituents is 1. The van der Waals surface area contributed by atoms with Crippen LogP contribution >= 0.6 is 0 Å². The number of anilines is 1. The van der Waals surface area contributed by atoms with Crippen LogP contribution in [-0.2, 0) is 11.3 Å². The molecule has 0 radical (unpaired) electrons. The third-order valence-electron chi connectivity index (χ3n) is 4.70. The first kappa shape index (κ1) is 20.5. The Hall–Kier alpha value is -3.20. The molecule has 1 aromatic carbocycles. The number of guanidine groups is 1. The lowest BCUT2D eigenvalue weighted by atomic mass is 10.2. The Morgan fingerprint density at radius 3 is 2.59 bits per heavy atom. The molecule has 2 aromatic rings. The first-order valence-electron chi connectivity index (χ1n) is 9.59. The molecule has 1 fully saturated rings. The summed E-state index contributed by atoms with van der Waals surface area (Å²) in [5.41, 5.74) is 1.01. The fraction of sp³-hybridized carbons (Fsp3) is 0.400. The van der Waals surface area contributed by atoms with Crippen molar-refractivity contribution in [1.29, 1.82) is 0 Å². The normalized spacial score (nSPS) is 14.7. The number of pyridine rings is 1. The van der Waals surface area contributed by atoms with E-state index in [-0.39, 0.29) is 5.69 Å². The van der Waals surface area contributed by atoms with E-state index >= 15 is 0 Å². The van der Waals surface area contributed by atoms with E-state index in [1.807, 2.05) is 24.4 Å². The molecule has 154 valence electrons. The predicted molar refractivity (Wildman–Crippen MR) is 112 cm³/mol. The highest BCUT2D eigenvalue weighted by atomic mass is 16.6. The molecule has 9 nitrogen and oxygen atoms in total. The minimum Gasteiger partial charge on any atom is -0.383 e. The third-order valence-corrected chi connectivity index (χ3v) is 4.70. The summed E-state index contributed by atoms with van der Waals surface area (Å²) < 4.78 is 5.14. The van der Waals surface area contributed by atoms with E-state index in [0.717, 1.165) is 43.5 Å². The van der Waals surface area contributed by atoms with Crippen LogP contribution in [-0.4, -0.2) is 67.2 Å². The summed E-state index contributed by atoms with van der Waals surface area (Å²) in [6.07, 6.45) is 1.81. The smallest absolute Gasteiger partial charge is 0.269 e. The second-order valence-corrected chi connectivity index (χ2v) is 6.65. The Morgan fingerprint density at radius 1 is 1.21 bits per heavy atom. The maximum absolute atomic E-state index is 10.8. The van der Waals surface area contributed by atoms with Crippen molar-refractivity contribution in [3.63, 3.8) is 0 Å². The largest absolute Gasteiger partial charge is 0.383 e. The summed E-state index contributed by atoms with van der Waals surface area (Å²) in [6.45, 7) is 5.08. The maximum atomic E-state index is 10.8. The third kappa shape index (κ3) is 5.89. The van der Waals surface area contributed by atoms with Crippen molar-refractivity contribution in [3.05, 3.63) is 64.3 Å². The van der Waals surface area contributed by atoms with Crippen LogP contribution in [0.3, 0.4) is 0 Å². The van der Waals surface area contributed by atoms with Crippen molar-refractivity contribution in [2.24, 2.45) is 4.99 Å². The van der Waals surface area contributed by atoms with Gasteiger partial charge in [0.15, 0.2) is 5.96 Å². The molecule has 9 heteroatoms. The van der Waals surface area contributed by atoms with Crippen molar-refractivity contribution >= 4 is 17.5 Å². The lowest BCUT2D eigenvalue weighted by Crippen LogP contribution is -2.53. The van der Waals surface area contributed by atoms with Crippen LogP contribution in [0.25, 0.3) is 0 Å². The number of nitro groups is 1. The van der Waals surface area contributed by atoms with Gasteiger partial charge in [-0.25, -0.2) is 9.98 Å². The van der Waals surface area contributed by atoms with Crippen LogP contribution in [0.5, 0.6) is 0 Å². The van der Waals surface area contributed by atoms with Gasteiger partial charge < -0.3 is 19.9 Å². The summed E-state index contributed by atoms with van der Waals surface area (Å²) in [7, 11) is 1.67. The number of ether oxygens (including phenoxy) is 1. The summed E-state index contributed by atoms with van der Waals surface area (Å²) in [5.74, 6) is 1.81. The standard InChI is InChI=1S/C20H26N6O3/c1-29-15-10-22-20(23-16-17-5-7-18(8-6-17)26(27)28)25-13-11-24(12-14-25)19-4-2-3-9-21-19/h2-9H,10-16H2,1H3,(H,22,23). The monoisotopic (exact) mass is 398 g/mol. The molecule has 0 bridgehead atoms. The summed E-state index contributed by atoms with van der Waals surface area (Å²) in [6, 6.07) is 12.4. The van der Waals surface area contributed by atoms with E-state index in [2.05, 4.69) is 20.1 Å². The molecule has 1 aliphatic rings. The van der Waals surface area contributed by atoms with Gasteiger partial charge in [-0.05, 0) is 17.7 Å². The number of rotatable bonds is 7. The number of aromatic nitrogens is 1. The predicted octanol–water partition coefficient (Wildman–Crippen LogP) is 1.90. The van der Waals surface area contributed by atoms with Gasteiger partial charge in [0.2, 0.25) is 0 Å². The Morgan fingerprint density at radius 2 is 1.97 bits per heavy atom. The van der Waals surface area contributed by atoms with Crippen LogP contribution in [0, 0.1) is 10.1 Å². The number of nitrogens with one attached hydrogen (secondary N) is 1. The number of nitrogens with zero attached hydrogens (tertiary/aromatic N) is 5. The molecule has 2 heterocycles. The number of benzene rings is 1. The van der Waals surface area contributed by atoms with Gasteiger partial charge in [-0.2, -0.15) is 0 Å². The topological polar surface area (TPSA) is 96.1 Å². The van der Waals surface area contributed by atoms with E-state index < -0.39 is 4.92 Å². The van der Waals surface area contributed by atoms with Gasteiger partial charge in [-0.1, -0.05) is 18.2 Å². The van der Waals surface area contributed by atoms with Gasteiger partial charge >= 0.3 is 0 Å². The van der Waals surface area contributed by atoms with Crippen molar-refractivity contribution in [2.45, 2.75) is 6.54 Å². The van der Waals surface area contributed by atoms with Crippen LogP contribution < -0.4 is 10.2 Å². The van der Waals surface area contributed by atoms with Crippen LogP contribution in [0.1, 0.15) is 5.56 Å². The molecule has 0 unspecified atom stereocenters. The second-order valence-electron chi connectivity index (χ2n) is 6.65. The van der Waals surface area contributed by atoms with Crippen molar-refractivity contribution < 1.29 is 9.66 Å². The maximum Gasteiger partial charge on any atom is 0.269 e. The first-order valence-corrected chi connectivity index (χ1v) is 9.59. The van der Waals surface area contributed by atoms with Gasteiger partial charge in [-0.3, -0.25) is 10.1 Å². The molecule has 0 aliphatic carbocycles. The number of hydrogen-bond acceptors (Lipinski definition) is 6. The molecule has 1 aromatic heterocycles. The highest BCUT2D eigenvalue weighted by Crippen LogP contribution is 2.14. The minimum absolute atomic E-state index is 0.0850. The van der Waals surface area contributed by atoms with Crippen LogP contribution in [0.15, 0.2) is 53.7 Å². The Balaban J connectivity index is 1.63. The quantitative estimate of drug-likeness (QED) is 0.250. The molecule has 1 saturated heterocycles. The van der Waals surface area contributed by atoms with E-state index in [1.54, 1.807) is 19.2 Å². The van der Waals surface area contributed by atoms with Gasteiger partial charge in [0.25, 0.3) is 5.69 Å². The van der Waals surface area contributed by atoms with E-state index in [9.17, 15) is 10.1 Å². The van der Waals surface area contributed by atoms with Crippen molar-refractivity contribution in [1.82, 2.24) is 15.2 Å². The van der Waals surface area contributed by atoms with E-state index in [1.165, 1.54) is 12.1 Å². The Kier molecular flexibility index (Phi) is 7.34. The summed E-state index contributed by atoms with van der Waals surface area (Å²) in [5, 5.41) is 14.2. The zero-order valence-corrected chi connectivity index (χ0v) is 16.5. The van der Waals surface area contributed by atoms with Gasteiger partial charge in [0, 0.05) is 58.2 Å². The van der Waals surface area contributed by atoms with E-state index in [4.69, 9.17) is 9.73 Å². The number of piperazine rings is 1. The molecule has 0 atom stereocenters. The molecule has 0 amide bonds. The number of hydrogen-bond donors (Lipinski definition) is 1. The molecule has 29 heavy (non-hydrogen) atoms. The molecular formula is C20H26N6O3. The van der Waals surface area contributed by atoms with Crippen molar-refractivity contribution in [2.75, 3.05) is 51.3 Å². The van der Waals surface area contributed by atoms with Crippen molar-refractivity contribution in [3.8, 4) is 0 Å². The lowest BCUT2D eigenvalue weighted by molar-refractivity contribution is -0.384. The molecular weight excluding hydrogens is 372 g/mol. The molecule has 1 N–H and O–H groups in total. The van der Waals surface area contributed by atoms with Gasteiger partial charge in [0.05, 0.1) is 18.1 Å². The number of aliphatic imine (C=N–C) groups is 1. The van der Waals surface area contributed by atoms with E-state index in [0.29, 0.717) is 19.7 Å². The van der Waals surface area contributed by atoms with Gasteiger partial charge in [-0.15, -0.1) is 0 Å². The lowest BCUT2D eigenvalue weighted by Gasteiger charge is -2.37. The average molecular weight is 398 g/mol. The SMILES string of the molecule is COCCNC(=NCc1ccc([N+](=O)[O-])cc1)N1CCN(c2ccccn2)CC1. The molecule has 0 saturated carbocycles. The second kappa shape index (κ2) is 10.4. The van der Waals surface area contributed by atoms with Gasteiger partial charge in [0.1, 0.15) is 5.82 Å². The fourth-order valence-corrected chi connectivity index (χ4v) is 3.11. The molecule has 3 rings (SSSR count). The molecule has 1 aliphatic heterocycles. The first-order chi connectivity index (χ1) is 14.2. The molecule has 0 spiro atoms. The zero-order chi connectivity index (χ0) is 20.5. The Labute approximate surface area is 170 Å². The zero-order valence-electron chi connectivity index (χ0n) is 16.5. The summed E-state index contributed by atoms with van der Waals surface area (Å²) in [4.78, 5) is 24.1. The highest BCUT2D eigenvalue weighted by molar-refractivity contribution is 5.80.